The number of unbranched alkanes of at least 4 members (excludes halogenated alkanes) is 2. The number of urea groups is 1. The Morgan fingerprint density at radius 3 is 1.93 bits per heavy atom. The van der Waals surface area contributed by atoms with Crippen LogP contribution in [0.5, 0.6) is 0 Å². The fourth-order valence-corrected chi connectivity index (χ4v) is 12.1. The number of amides is 12. The Kier molecular flexibility index (Phi) is 32.1. The number of likely N-dealkylation sites (N-methyl/N-ethyl adjacent to an activating group) is 2. The van der Waals surface area contributed by atoms with Gasteiger partial charge in [0.05, 0.1) is 48.8 Å². The van der Waals surface area contributed by atoms with E-state index >= 15 is 0 Å². The molecule has 9 N–H and O–H groups in total. The molecule has 94 heavy (non-hydrogen) atoms. The van der Waals surface area contributed by atoms with E-state index in [2.05, 4.69) is 31.9 Å². The minimum atomic E-state index is -1.11. The quantitative estimate of drug-likeness (QED) is 0.0321. The van der Waals surface area contributed by atoms with Crippen LogP contribution in [-0.4, -0.2) is 192 Å². The minimum absolute atomic E-state index is 0.0841. The van der Waals surface area contributed by atoms with Crippen LogP contribution in [0.4, 0.5) is 15.3 Å². The van der Waals surface area contributed by atoms with E-state index in [1.165, 1.54) is 38.3 Å². The molecule has 26 heteroatoms. The van der Waals surface area contributed by atoms with Gasteiger partial charge in [-0.05, 0) is 92.4 Å². The van der Waals surface area contributed by atoms with E-state index in [9.17, 15) is 57.8 Å². The predicted octanol–water partition coefficient (Wildman–Crippen LogP) is 5.08. The number of aliphatic hydroxyl groups excluding tert-OH is 1. The molecule has 0 aromatic heterocycles. The summed E-state index contributed by atoms with van der Waals surface area (Å²) in [5.41, 5.74) is 6.77. The van der Waals surface area contributed by atoms with Crippen molar-refractivity contribution in [1.29, 1.82) is 0 Å². The number of nitrogens with one attached hydrogen (secondary N) is 6. The Morgan fingerprint density at radius 1 is 0.713 bits per heavy atom. The summed E-state index contributed by atoms with van der Waals surface area (Å²) in [6.07, 6.45) is 2.94. The van der Waals surface area contributed by atoms with Crippen LogP contribution in [0.1, 0.15) is 151 Å². The van der Waals surface area contributed by atoms with Crippen LogP contribution in [0.15, 0.2) is 66.7 Å². The topological polar surface area (TPSA) is 347 Å². The molecule has 4 rings (SSSR count). The van der Waals surface area contributed by atoms with E-state index in [0.29, 0.717) is 61.9 Å². The highest BCUT2D eigenvalue weighted by molar-refractivity contribution is 6.12. The summed E-state index contributed by atoms with van der Waals surface area (Å²) in [4.78, 5) is 152. The number of rotatable bonds is 38. The monoisotopic (exact) mass is 1320 g/mol. The number of aliphatic hydroxyl groups is 1. The first-order valence-corrected chi connectivity index (χ1v) is 32.9. The number of hydrogen-bond acceptors (Lipinski definition) is 15. The highest BCUT2D eigenvalue weighted by Gasteiger charge is 2.44. The third kappa shape index (κ3) is 22.9. The molecular formula is C68H105N11O15. The van der Waals surface area contributed by atoms with Gasteiger partial charge < -0.3 is 66.8 Å². The lowest BCUT2D eigenvalue weighted by molar-refractivity contribution is -0.148. The maximum Gasteiger partial charge on any atom is 0.410 e. The second kappa shape index (κ2) is 38.4. The van der Waals surface area contributed by atoms with Gasteiger partial charge in [-0.3, -0.25) is 53.0 Å². The van der Waals surface area contributed by atoms with E-state index in [4.69, 9.17) is 19.9 Å². The first kappa shape index (κ1) is 78.5. The number of carbonyl (C=O) groups is 11. The Morgan fingerprint density at radius 2 is 1.35 bits per heavy atom. The third-order valence-electron chi connectivity index (χ3n) is 17.7. The lowest BCUT2D eigenvalue weighted by atomic mass is 9.89. The molecule has 2 aliphatic rings. The summed E-state index contributed by atoms with van der Waals surface area (Å²) in [6.45, 7) is 18.6. The molecule has 0 radical (unpaired) electrons. The summed E-state index contributed by atoms with van der Waals surface area (Å²) in [5.74, 6) is -6.02. The zero-order chi connectivity index (χ0) is 70.1. The van der Waals surface area contributed by atoms with Crippen molar-refractivity contribution >= 4 is 71.0 Å². The number of methoxy groups -OCH3 is 2. The number of nitrogens with zero attached hydrogens (tertiary/aromatic N) is 4. The van der Waals surface area contributed by atoms with E-state index in [-0.39, 0.29) is 86.8 Å². The summed E-state index contributed by atoms with van der Waals surface area (Å²) < 4.78 is 17.7. The molecule has 0 aliphatic carbocycles. The molecule has 1 saturated heterocycles. The maximum absolute atomic E-state index is 14.8. The Hall–Kier alpha value is -7.97. The average molecular weight is 1320 g/mol. The largest absolute Gasteiger partial charge is 0.445 e. The second-order valence-electron chi connectivity index (χ2n) is 25.8. The van der Waals surface area contributed by atoms with Crippen LogP contribution in [-0.2, 0) is 64.0 Å². The van der Waals surface area contributed by atoms with Crippen molar-refractivity contribution in [2.24, 2.45) is 35.3 Å². The third-order valence-corrected chi connectivity index (χ3v) is 17.7. The molecule has 1 unspecified atom stereocenters. The molecule has 0 spiro atoms. The number of nitrogens with two attached hydrogens (primary N) is 1. The second-order valence-corrected chi connectivity index (χ2v) is 25.8. The van der Waals surface area contributed by atoms with Gasteiger partial charge in [0.15, 0.2) is 0 Å². The SMILES string of the molecule is CC[C@H](C)[C@@H](C(CC(=O)N1CCC[C@H]1[C@H](OC)[C@@H](C)C(=O)N[C@H](C)[C@@H](O)c1ccccc1)OC)N(C)C(=O)[C@@H](NC(=O)[C@H](C(C)C)N(C)C(=O)OCc1ccc(NC(=O)[C@H](CCCNC(N)=O)NC(=O)[C@@H](NC(=O)CCCCCN2C(=O)C=CC2=O)C(C)C)cc1)C(C)C. The van der Waals surface area contributed by atoms with Crippen molar-refractivity contribution in [3.63, 3.8) is 0 Å². The number of ether oxygens (including phenoxy) is 3. The summed E-state index contributed by atoms with van der Waals surface area (Å²) in [7, 11) is 6.08. The first-order chi connectivity index (χ1) is 44.5. The number of anilines is 1. The lowest BCUT2D eigenvalue weighted by Gasteiger charge is -2.41. The Balaban J connectivity index is 1.37. The highest BCUT2D eigenvalue weighted by Crippen LogP contribution is 2.31. The average Bonchev–Trinajstić information content (AvgIpc) is 1.33. The molecule has 2 heterocycles. The van der Waals surface area contributed by atoms with Crippen molar-refractivity contribution < 1.29 is 72.1 Å². The summed E-state index contributed by atoms with van der Waals surface area (Å²) in [5, 5.41) is 27.6. The van der Waals surface area contributed by atoms with Gasteiger partial charge >= 0.3 is 12.1 Å². The zero-order valence-electron chi connectivity index (χ0n) is 57.4. The molecule has 26 nitrogen and oxygen atoms in total. The molecule has 2 aliphatic heterocycles. The van der Waals surface area contributed by atoms with Gasteiger partial charge in [0.25, 0.3) is 11.8 Å². The van der Waals surface area contributed by atoms with Crippen molar-refractivity contribution in [1.82, 2.24) is 46.2 Å². The van der Waals surface area contributed by atoms with Crippen molar-refractivity contribution in [2.45, 2.75) is 201 Å². The summed E-state index contributed by atoms with van der Waals surface area (Å²) in [6, 6.07) is 8.74. The number of carbonyl (C=O) groups excluding carboxylic acids is 11. The van der Waals surface area contributed by atoms with Gasteiger partial charge in [-0.1, -0.05) is 118 Å². The Labute approximate surface area is 554 Å². The van der Waals surface area contributed by atoms with Crippen LogP contribution in [0.2, 0.25) is 0 Å². The zero-order valence-corrected chi connectivity index (χ0v) is 57.4. The van der Waals surface area contributed by atoms with Crippen LogP contribution in [0.25, 0.3) is 0 Å². The fraction of sp³-hybridized carbons (Fsp3) is 0.632. The van der Waals surface area contributed by atoms with Crippen LogP contribution >= 0.6 is 0 Å². The number of hydrogen-bond donors (Lipinski definition) is 8. The first-order valence-electron chi connectivity index (χ1n) is 32.9. The molecule has 522 valence electrons. The molecular weight excluding hydrogens is 1210 g/mol. The molecule has 0 saturated carbocycles. The highest BCUT2D eigenvalue weighted by atomic mass is 16.6. The van der Waals surface area contributed by atoms with Crippen LogP contribution < -0.4 is 37.6 Å². The van der Waals surface area contributed by atoms with Crippen molar-refractivity contribution in [2.75, 3.05) is 53.3 Å². The molecule has 0 bridgehead atoms. The van der Waals surface area contributed by atoms with Gasteiger partial charge in [-0.15, -0.1) is 0 Å². The van der Waals surface area contributed by atoms with Gasteiger partial charge in [-0.25, -0.2) is 9.59 Å². The standard InChI is InChI=1S/C68H105N11O15/c1-15-43(8)59(51(92-13)38-55(83)78-37-23-27-50(78)61(93-14)44(9)62(85)71-45(10)60(84)47-24-18-16-19-25-47)76(11)66(89)57(41(4)5)75-65(88)58(42(6)7)77(12)68(91)94-39-46-29-31-48(32-30-46)72-63(86)49(26-22-35-70-67(69)90)73-64(87)56(40(2)3)74-52(80)28-20-17-21-36-79-53(81)33-34-54(79)82/h16,18-19,24-25,29-34,40-45,49-51,56-61,84H,15,17,20-23,26-28,35-39H2,1-14H3,(H,71,85)(H,72,86)(H,73,87)(H,74,80)(H,75,88)(H3,69,70,90)/t43-,44+,45+,49-,50-,51?,56-,57-,58-,59-,60+,61+/m0/s1. The normalized spacial score (nSPS) is 17.4. The molecule has 2 aromatic rings. The van der Waals surface area contributed by atoms with Crippen LogP contribution in [0, 0.1) is 29.6 Å². The molecule has 1 fully saturated rings. The molecule has 12 amide bonds. The fourth-order valence-electron chi connectivity index (χ4n) is 12.1. The Bertz CT molecular complexity index is 2880. The van der Waals surface area contributed by atoms with Crippen LogP contribution in [0.3, 0.4) is 0 Å². The van der Waals surface area contributed by atoms with Gasteiger partial charge in [-0.2, -0.15) is 0 Å². The summed E-state index contributed by atoms with van der Waals surface area (Å²) >= 11 is 0. The van der Waals surface area contributed by atoms with Gasteiger partial charge in [0.2, 0.25) is 41.4 Å². The van der Waals surface area contributed by atoms with E-state index in [1.54, 1.807) is 109 Å². The number of benzene rings is 2. The smallest absolute Gasteiger partial charge is 0.410 e. The number of imide groups is 1. The molecule has 12 atom stereocenters. The lowest BCUT2D eigenvalue weighted by Crippen LogP contribution is -2.60. The van der Waals surface area contributed by atoms with Crippen molar-refractivity contribution in [3.05, 3.63) is 77.9 Å². The molecule has 2 aromatic carbocycles. The number of likely N-dealkylation sites (tertiary alicyclic amines) is 1. The minimum Gasteiger partial charge on any atom is -0.445 e. The number of primary amides is 1. The predicted molar refractivity (Wildman–Crippen MR) is 353 cm³/mol. The van der Waals surface area contributed by atoms with E-state index < -0.39 is 114 Å². The van der Waals surface area contributed by atoms with Crippen molar-refractivity contribution in [3.8, 4) is 0 Å². The maximum atomic E-state index is 14.8. The van der Waals surface area contributed by atoms with E-state index in [1.807, 2.05) is 32.0 Å². The van der Waals surface area contributed by atoms with Gasteiger partial charge in [0, 0.05) is 72.2 Å². The van der Waals surface area contributed by atoms with E-state index in [0.717, 1.165) is 4.90 Å². The van der Waals surface area contributed by atoms with Gasteiger partial charge in [0.1, 0.15) is 30.8 Å².